The van der Waals surface area contributed by atoms with Crippen LogP contribution in [-0.2, 0) is 4.79 Å². The zero-order valence-electron chi connectivity index (χ0n) is 9.54. The molecule has 2 aliphatic heterocycles. The molecule has 15 heavy (non-hydrogen) atoms. The summed E-state index contributed by atoms with van der Waals surface area (Å²) in [5.74, 6) is 0.336. The Bertz CT molecular complexity index is 218. The molecule has 1 unspecified atom stereocenters. The van der Waals surface area contributed by atoms with Crippen molar-refractivity contribution in [3.8, 4) is 0 Å². The molecular formula is C11H21N3O. The van der Waals surface area contributed by atoms with Crippen LogP contribution in [0.1, 0.15) is 19.3 Å². The minimum Gasteiger partial charge on any atom is -0.340 e. The van der Waals surface area contributed by atoms with Crippen molar-refractivity contribution < 1.29 is 4.79 Å². The fourth-order valence-corrected chi connectivity index (χ4v) is 2.33. The van der Waals surface area contributed by atoms with Gasteiger partial charge in [-0.1, -0.05) is 0 Å². The van der Waals surface area contributed by atoms with Gasteiger partial charge in [0, 0.05) is 38.6 Å². The van der Waals surface area contributed by atoms with Crippen LogP contribution in [0.2, 0.25) is 0 Å². The lowest BCUT2D eigenvalue weighted by atomic mass is 10.1. The first-order chi connectivity index (χ1) is 7.25. The fourth-order valence-electron chi connectivity index (χ4n) is 2.33. The van der Waals surface area contributed by atoms with Gasteiger partial charge in [0.2, 0.25) is 5.91 Å². The third-order valence-corrected chi connectivity index (χ3v) is 3.44. The monoisotopic (exact) mass is 211 g/mol. The number of carbonyl (C=O) groups excluding carboxylic acids is 1. The Morgan fingerprint density at radius 2 is 2.07 bits per heavy atom. The van der Waals surface area contributed by atoms with Crippen LogP contribution < -0.4 is 5.32 Å². The van der Waals surface area contributed by atoms with Gasteiger partial charge < -0.3 is 15.1 Å². The molecule has 1 atom stereocenters. The normalized spacial score (nSPS) is 28.3. The molecule has 2 aliphatic rings. The first kappa shape index (κ1) is 10.9. The second-order valence-corrected chi connectivity index (χ2v) is 4.68. The van der Waals surface area contributed by atoms with Crippen molar-refractivity contribution in [3.63, 3.8) is 0 Å². The Hall–Kier alpha value is -0.610. The van der Waals surface area contributed by atoms with Crippen molar-refractivity contribution in [3.05, 3.63) is 0 Å². The van der Waals surface area contributed by atoms with Crippen LogP contribution in [0, 0.1) is 0 Å². The summed E-state index contributed by atoms with van der Waals surface area (Å²) in [6.45, 7) is 4.93. The Labute approximate surface area is 91.6 Å². The summed E-state index contributed by atoms with van der Waals surface area (Å²) in [6.07, 6.45) is 3.09. The highest BCUT2D eigenvalue weighted by atomic mass is 16.2. The lowest BCUT2D eigenvalue weighted by Crippen LogP contribution is -2.48. The molecule has 0 aromatic rings. The average Bonchev–Trinajstić information content (AvgIpc) is 2.71. The summed E-state index contributed by atoms with van der Waals surface area (Å²) in [5.41, 5.74) is 0. The van der Waals surface area contributed by atoms with E-state index in [0.717, 1.165) is 32.7 Å². The third kappa shape index (κ3) is 2.92. The van der Waals surface area contributed by atoms with Crippen LogP contribution in [0.3, 0.4) is 0 Å². The maximum atomic E-state index is 11.9. The number of likely N-dealkylation sites (N-methyl/N-ethyl adjacent to an activating group) is 1. The molecule has 2 fully saturated rings. The lowest BCUT2D eigenvalue weighted by molar-refractivity contribution is -0.133. The Morgan fingerprint density at radius 3 is 2.67 bits per heavy atom. The minimum absolute atomic E-state index is 0.336. The van der Waals surface area contributed by atoms with Gasteiger partial charge in [-0.2, -0.15) is 0 Å². The molecule has 0 aromatic carbocycles. The number of piperazine rings is 1. The van der Waals surface area contributed by atoms with Crippen LogP contribution >= 0.6 is 0 Å². The summed E-state index contributed by atoms with van der Waals surface area (Å²) in [4.78, 5) is 16.2. The highest BCUT2D eigenvalue weighted by molar-refractivity contribution is 5.77. The topological polar surface area (TPSA) is 35.6 Å². The van der Waals surface area contributed by atoms with E-state index in [1.54, 1.807) is 0 Å². The van der Waals surface area contributed by atoms with E-state index < -0.39 is 0 Å². The zero-order chi connectivity index (χ0) is 10.7. The van der Waals surface area contributed by atoms with Crippen molar-refractivity contribution in [1.29, 1.82) is 0 Å². The molecule has 2 rings (SSSR count). The van der Waals surface area contributed by atoms with Gasteiger partial charge in [0.1, 0.15) is 0 Å². The van der Waals surface area contributed by atoms with Gasteiger partial charge in [-0.25, -0.2) is 0 Å². The summed E-state index contributed by atoms with van der Waals surface area (Å²) in [5, 5.41) is 3.38. The molecule has 0 bridgehead atoms. The van der Waals surface area contributed by atoms with Crippen LogP contribution in [-0.4, -0.2) is 61.5 Å². The van der Waals surface area contributed by atoms with Gasteiger partial charge in [-0.15, -0.1) is 0 Å². The average molecular weight is 211 g/mol. The molecule has 1 amide bonds. The smallest absolute Gasteiger partial charge is 0.224 e. The molecule has 4 nitrogen and oxygen atoms in total. The van der Waals surface area contributed by atoms with Crippen LogP contribution in [0.15, 0.2) is 0 Å². The molecule has 0 spiro atoms. The van der Waals surface area contributed by atoms with Crippen molar-refractivity contribution in [2.24, 2.45) is 0 Å². The SMILES string of the molecule is CN1CCN(C(=O)CC2CCCN2)CC1. The van der Waals surface area contributed by atoms with Crippen LogP contribution in [0.4, 0.5) is 0 Å². The number of amides is 1. The van der Waals surface area contributed by atoms with Crippen LogP contribution in [0.5, 0.6) is 0 Å². The minimum atomic E-state index is 0.336. The predicted octanol–water partition coefficient (Wildman–Crippen LogP) is -0.0975. The van der Waals surface area contributed by atoms with Gasteiger partial charge >= 0.3 is 0 Å². The third-order valence-electron chi connectivity index (χ3n) is 3.44. The maximum absolute atomic E-state index is 11.9. The van der Waals surface area contributed by atoms with Gasteiger partial charge in [-0.3, -0.25) is 4.79 Å². The Kier molecular flexibility index (Phi) is 3.59. The van der Waals surface area contributed by atoms with Crippen molar-refractivity contribution in [2.75, 3.05) is 39.8 Å². The summed E-state index contributed by atoms with van der Waals surface area (Å²) in [6, 6.07) is 0.442. The number of nitrogens with zero attached hydrogens (tertiary/aromatic N) is 2. The summed E-state index contributed by atoms with van der Waals surface area (Å²) < 4.78 is 0. The van der Waals surface area contributed by atoms with Crippen molar-refractivity contribution in [1.82, 2.24) is 15.1 Å². The molecule has 2 saturated heterocycles. The predicted molar refractivity (Wildman–Crippen MR) is 59.7 cm³/mol. The molecule has 4 heteroatoms. The summed E-state index contributed by atoms with van der Waals surface area (Å²) >= 11 is 0. The first-order valence-corrected chi connectivity index (χ1v) is 5.95. The second kappa shape index (κ2) is 4.94. The molecule has 0 saturated carbocycles. The Balaban J connectivity index is 1.75. The van der Waals surface area contributed by atoms with Gasteiger partial charge in [0.15, 0.2) is 0 Å². The van der Waals surface area contributed by atoms with E-state index in [9.17, 15) is 4.79 Å². The van der Waals surface area contributed by atoms with E-state index >= 15 is 0 Å². The van der Waals surface area contributed by atoms with E-state index in [1.807, 2.05) is 4.90 Å². The molecule has 0 aliphatic carbocycles. The molecule has 0 radical (unpaired) electrons. The standard InChI is InChI=1S/C11H21N3O/c1-13-5-7-14(8-6-13)11(15)9-10-3-2-4-12-10/h10,12H,2-9H2,1H3. The van der Waals surface area contributed by atoms with Crippen molar-refractivity contribution >= 4 is 5.91 Å². The molecule has 86 valence electrons. The maximum Gasteiger partial charge on any atom is 0.224 e. The molecule has 0 aromatic heterocycles. The van der Waals surface area contributed by atoms with Gasteiger partial charge in [0.25, 0.3) is 0 Å². The number of nitrogens with one attached hydrogen (secondary N) is 1. The van der Waals surface area contributed by atoms with Crippen molar-refractivity contribution in [2.45, 2.75) is 25.3 Å². The molecule has 2 heterocycles. The fraction of sp³-hybridized carbons (Fsp3) is 0.909. The number of carbonyl (C=O) groups is 1. The first-order valence-electron chi connectivity index (χ1n) is 5.95. The molecular weight excluding hydrogens is 190 g/mol. The quantitative estimate of drug-likeness (QED) is 0.693. The highest BCUT2D eigenvalue weighted by Crippen LogP contribution is 2.11. The van der Waals surface area contributed by atoms with Gasteiger partial charge in [-0.05, 0) is 26.4 Å². The number of hydrogen-bond donors (Lipinski definition) is 1. The summed E-state index contributed by atoms with van der Waals surface area (Å²) in [7, 11) is 2.11. The van der Waals surface area contributed by atoms with Gasteiger partial charge in [0.05, 0.1) is 0 Å². The second-order valence-electron chi connectivity index (χ2n) is 4.68. The lowest BCUT2D eigenvalue weighted by Gasteiger charge is -2.33. The zero-order valence-corrected chi connectivity index (χ0v) is 9.54. The Morgan fingerprint density at radius 1 is 1.33 bits per heavy atom. The molecule has 1 N–H and O–H groups in total. The number of hydrogen-bond acceptors (Lipinski definition) is 3. The number of rotatable bonds is 2. The largest absolute Gasteiger partial charge is 0.340 e. The van der Waals surface area contributed by atoms with E-state index in [4.69, 9.17) is 0 Å². The van der Waals surface area contributed by atoms with E-state index in [-0.39, 0.29) is 0 Å². The van der Waals surface area contributed by atoms with E-state index in [0.29, 0.717) is 18.4 Å². The van der Waals surface area contributed by atoms with E-state index in [2.05, 4.69) is 17.3 Å². The van der Waals surface area contributed by atoms with E-state index in [1.165, 1.54) is 12.8 Å². The highest BCUT2D eigenvalue weighted by Gasteiger charge is 2.23. The van der Waals surface area contributed by atoms with Crippen LogP contribution in [0.25, 0.3) is 0 Å².